The Kier molecular flexibility index (Phi) is 7.12. The number of nitrogens with two attached hydrogens (primary N) is 1. The van der Waals surface area contributed by atoms with Crippen molar-refractivity contribution in [3.63, 3.8) is 0 Å². The summed E-state index contributed by atoms with van der Waals surface area (Å²) in [6.07, 6.45) is 2.65. The van der Waals surface area contributed by atoms with Crippen LogP contribution in [0.5, 0.6) is 0 Å². The first-order chi connectivity index (χ1) is 9.61. The van der Waals surface area contributed by atoms with Crippen LogP contribution in [0.15, 0.2) is 24.3 Å². The summed E-state index contributed by atoms with van der Waals surface area (Å²) in [6.45, 7) is 3.80. The zero-order valence-corrected chi connectivity index (χ0v) is 13.2. The van der Waals surface area contributed by atoms with E-state index in [9.17, 15) is 9.18 Å². The number of halogens is 2. The molecule has 1 aromatic rings. The van der Waals surface area contributed by atoms with Crippen LogP contribution in [0.25, 0.3) is 0 Å². The Morgan fingerprint density at radius 1 is 1.38 bits per heavy atom. The summed E-state index contributed by atoms with van der Waals surface area (Å²) in [5.41, 5.74) is 6.32. The number of rotatable bonds is 4. The quantitative estimate of drug-likeness (QED) is 0.928. The third-order valence-corrected chi connectivity index (χ3v) is 4.17. The molecule has 1 aliphatic heterocycles. The Morgan fingerprint density at radius 2 is 2.00 bits per heavy atom. The minimum absolute atomic E-state index is 0. The normalized spacial score (nSPS) is 17.2. The second kappa shape index (κ2) is 8.35. The van der Waals surface area contributed by atoms with Crippen molar-refractivity contribution in [2.24, 2.45) is 17.6 Å². The van der Waals surface area contributed by atoms with Gasteiger partial charge in [0.1, 0.15) is 5.82 Å². The molecule has 0 saturated carbocycles. The molecule has 0 aromatic heterocycles. The lowest BCUT2D eigenvalue weighted by molar-refractivity contribution is -0.136. The minimum atomic E-state index is -0.122. The number of nitrogens with zero attached hydrogens (tertiary/aromatic N) is 1. The molecule has 0 aliphatic carbocycles. The van der Waals surface area contributed by atoms with Gasteiger partial charge in [0, 0.05) is 25.6 Å². The summed E-state index contributed by atoms with van der Waals surface area (Å²) in [4.78, 5) is 13.9. The van der Waals surface area contributed by atoms with Crippen molar-refractivity contribution in [3.05, 3.63) is 35.6 Å². The van der Waals surface area contributed by atoms with Crippen LogP contribution in [0, 0.1) is 17.7 Å². The van der Waals surface area contributed by atoms with Crippen molar-refractivity contribution in [1.29, 1.82) is 0 Å². The molecule has 1 atom stereocenters. The first-order valence-corrected chi connectivity index (χ1v) is 7.34. The van der Waals surface area contributed by atoms with E-state index in [0.717, 1.165) is 37.9 Å². The molecule has 1 fully saturated rings. The Labute approximate surface area is 132 Å². The number of carbonyl (C=O) groups excluding carboxylic acids is 1. The molecule has 118 valence electrons. The average molecular weight is 315 g/mol. The molecule has 5 heteroatoms. The lowest BCUT2D eigenvalue weighted by Crippen LogP contribution is -2.43. The molecule has 0 radical (unpaired) electrons. The van der Waals surface area contributed by atoms with Crippen molar-refractivity contribution in [2.45, 2.75) is 26.2 Å². The van der Waals surface area contributed by atoms with E-state index in [1.165, 1.54) is 6.07 Å². The zero-order valence-electron chi connectivity index (χ0n) is 12.4. The van der Waals surface area contributed by atoms with Crippen molar-refractivity contribution in [3.8, 4) is 0 Å². The molecule has 21 heavy (non-hydrogen) atoms. The molecule has 1 amide bonds. The van der Waals surface area contributed by atoms with Crippen LogP contribution in [0.1, 0.15) is 25.3 Å². The largest absolute Gasteiger partial charge is 0.342 e. The van der Waals surface area contributed by atoms with Crippen LogP contribution in [0.2, 0.25) is 0 Å². The first-order valence-electron chi connectivity index (χ1n) is 7.34. The Morgan fingerprint density at radius 3 is 2.57 bits per heavy atom. The number of benzene rings is 1. The smallest absolute Gasteiger partial charge is 0.226 e. The molecule has 3 nitrogen and oxygen atoms in total. The third kappa shape index (κ3) is 4.68. The maximum absolute atomic E-state index is 13.6. The topological polar surface area (TPSA) is 46.3 Å². The molecule has 1 aliphatic rings. The zero-order chi connectivity index (χ0) is 14.5. The predicted octanol–water partition coefficient (Wildman–Crippen LogP) is 2.62. The Hall–Kier alpha value is -1.13. The molecule has 0 spiro atoms. The van der Waals surface area contributed by atoms with Gasteiger partial charge in [0.25, 0.3) is 0 Å². The molecular formula is C16H24ClFN2O. The van der Waals surface area contributed by atoms with E-state index < -0.39 is 0 Å². The fourth-order valence-corrected chi connectivity index (χ4v) is 2.74. The van der Waals surface area contributed by atoms with E-state index in [-0.39, 0.29) is 30.0 Å². The SMILES string of the molecule is CC(CN)C(=O)N1CCC(Cc2ccccc2F)CC1.Cl. The van der Waals surface area contributed by atoms with Crippen molar-refractivity contribution in [2.75, 3.05) is 19.6 Å². The van der Waals surface area contributed by atoms with Crippen molar-refractivity contribution < 1.29 is 9.18 Å². The first kappa shape index (κ1) is 17.9. The maximum Gasteiger partial charge on any atom is 0.226 e. The molecule has 1 saturated heterocycles. The van der Waals surface area contributed by atoms with E-state index in [0.29, 0.717) is 12.5 Å². The van der Waals surface area contributed by atoms with Crippen LogP contribution in [-0.2, 0) is 11.2 Å². The number of hydrogen-bond donors (Lipinski definition) is 1. The van der Waals surface area contributed by atoms with Gasteiger partial charge in [-0.25, -0.2) is 4.39 Å². The van der Waals surface area contributed by atoms with Crippen LogP contribution < -0.4 is 5.73 Å². The summed E-state index contributed by atoms with van der Waals surface area (Å²) in [5, 5.41) is 0. The molecule has 0 bridgehead atoms. The van der Waals surface area contributed by atoms with Crippen LogP contribution in [0.3, 0.4) is 0 Å². The number of hydrogen-bond acceptors (Lipinski definition) is 2. The standard InChI is InChI=1S/C16H23FN2O.ClH/c1-12(11-18)16(20)19-8-6-13(7-9-19)10-14-4-2-3-5-15(14)17;/h2-5,12-13H,6-11,18H2,1H3;1H. The van der Waals surface area contributed by atoms with Gasteiger partial charge in [-0.15, -0.1) is 12.4 Å². The summed E-state index contributed by atoms with van der Waals surface area (Å²) in [5.74, 6) is 0.391. The van der Waals surface area contributed by atoms with Gasteiger partial charge in [0.05, 0.1) is 0 Å². The van der Waals surface area contributed by atoms with Gasteiger partial charge in [-0.1, -0.05) is 25.1 Å². The van der Waals surface area contributed by atoms with Gasteiger partial charge in [0.2, 0.25) is 5.91 Å². The maximum atomic E-state index is 13.6. The predicted molar refractivity (Wildman–Crippen MR) is 84.9 cm³/mol. The molecule has 1 unspecified atom stereocenters. The number of amides is 1. The molecule has 2 rings (SSSR count). The van der Waals surface area contributed by atoms with Gasteiger partial charge in [-0.2, -0.15) is 0 Å². The highest BCUT2D eigenvalue weighted by Gasteiger charge is 2.25. The molecule has 1 aromatic carbocycles. The van der Waals surface area contributed by atoms with Crippen molar-refractivity contribution >= 4 is 18.3 Å². The lowest BCUT2D eigenvalue weighted by atomic mass is 9.89. The van der Waals surface area contributed by atoms with Crippen LogP contribution in [0.4, 0.5) is 4.39 Å². The van der Waals surface area contributed by atoms with Gasteiger partial charge in [-0.05, 0) is 36.8 Å². The van der Waals surface area contributed by atoms with Gasteiger partial charge in [-0.3, -0.25) is 4.79 Å². The van der Waals surface area contributed by atoms with E-state index >= 15 is 0 Å². The third-order valence-electron chi connectivity index (χ3n) is 4.17. The monoisotopic (exact) mass is 314 g/mol. The number of piperidine rings is 1. The molecule has 1 heterocycles. The fourth-order valence-electron chi connectivity index (χ4n) is 2.74. The highest BCUT2D eigenvalue weighted by Crippen LogP contribution is 2.23. The molecular weight excluding hydrogens is 291 g/mol. The Bertz CT molecular complexity index is 461. The summed E-state index contributed by atoms with van der Waals surface area (Å²) in [6, 6.07) is 6.95. The second-order valence-electron chi connectivity index (χ2n) is 5.70. The lowest BCUT2D eigenvalue weighted by Gasteiger charge is -2.33. The highest BCUT2D eigenvalue weighted by atomic mass is 35.5. The summed E-state index contributed by atoms with van der Waals surface area (Å²) >= 11 is 0. The number of carbonyl (C=O) groups is 1. The van der Waals surface area contributed by atoms with Crippen molar-refractivity contribution in [1.82, 2.24) is 4.90 Å². The molecule has 2 N–H and O–H groups in total. The second-order valence-corrected chi connectivity index (χ2v) is 5.70. The Balaban J connectivity index is 0.00000220. The van der Waals surface area contributed by atoms with Gasteiger partial charge in [0.15, 0.2) is 0 Å². The van der Waals surface area contributed by atoms with Gasteiger partial charge >= 0.3 is 0 Å². The number of likely N-dealkylation sites (tertiary alicyclic amines) is 1. The van der Waals surface area contributed by atoms with E-state index in [1.54, 1.807) is 6.07 Å². The highest BCUT2D eigenvalue weighted by molar-refractivity contribution is 5.85. The fraction of sp³-hybridized carbons (Fsp3) is 0.562. The minimum Gasteiger partial charge on any atom is -0.342 e. The van der Waals surface area contributed by atoms with E-state index in [1.807, 2.05) is 24.0 Å². The average Bonchev–Trinajstić information content (AvgIpc) is 2.49. The summed E-state index contributed by atoms with van der Waals surface area (Å²) in [7, 11) is 0. The summed E-state index contributed by atoms with van der Waals surface area (Å²) < 4.78 is 13.6. The van der Waals surface area contributed by atoms with Crippen LogP contribution >= 0.6 is 12.4 Å². The van der Waals surface area contributed by atoms with Gasteiger partial charge < -0.3 is 10.6 Å². The van der Waals surface area contributed by atoms with Crippen LogP contribution in [-0.4, -0.2) is 30.4 Å². The van der Waals surface area contributed by atoms with E-state index in [4.69, 9.17) is 5.73 Å². The van der Waals surface area contributed by atoms with E-state index in [2.05, 4.69) is 0 Å².